The third-order valence-corrected chi connectivity index (χ3v) is 3.83. The summed E-state index contributed by atoms with van der Waals surface area (Å²) in [5.41, 5.74) is 2.60. The maximum absolute atomic E-state index is 4.31. The molecule has 19 heavy (non-hydrogen) atoms. The van der Waals surface area contributed by atoms with Gasteiger partial charge in [0.1, 0.15) is 0 Å². The van der Waals surface area contributed by atoms with Gasteiger partial charge in [-0.1, -0.05) is 26.3 Å². The molecule has 1 unspecified atom stereocenters. The van der Waals surface area contributed by atoms with Gasteiger partial charge in [-0.25, -0.2) is 0 Å². The smallest absolute Gasteiger partial charge is 0.0313 e. The lowest BCUT2D eigenvalue weighted by molar-refractivity contribution is 0.135. The van der Waals surface area contributed by atoms with E-state index in [0.29, 0.717) is 12.1 Å². The summed E-state index contributed by atoms with van der Waals surface area (Å²) in [5, 5.41) is 3.59. The average Bonchev–Trinajstić information content (AvgIpc) is 2.38. The van der Waals surface area contributed by atoms with Crippen molar-refractivity contribution in [2.24, 2.45) is 0 Å². The van der Waals surface area contributed by atoms with Crippen LogP contribution < -0.4 is 5.32 Å². The van der Waals surface area contributed by atoms with Crippen LogP contribution in [-0.2, 0) is 6.54 Å². The number of rotatable bonds is 5. The largest absolute Gasteiger partial charge is 0.313 e. The number of hydrogen-bond acceptors (Lipinski definition) is 3. The van der Waals surface area contributed by atoms with Crippen LogP contribution in [0, 0.1) is 6.92 Å². The lowest BCUT2D eigenvalue weighted by Gasteiger charge is -2.36. The van der Waals surface area contributed by atoms with Crippen LogP contribution in [0.15, 0.2) is 18.5 Å². The van der Waals surface area contributed by atoms with Gasteiger partial charge in [0.05, 0.1) is 0 Å². The molecular weight excluding hydrogens is 234 g/mol. The van der Waals surface area contributed by atoms with Gasteiger partial charge in [0.2, 0.25) is 0 Å². The highest BCUT2D eigenvalue weighted by Crippen LogP contribution is 2.19. The van der Waals surface area contributed by atoms with E-state index in [2.05, 4.69) is 42.0 Å². The fourth-order valence-corrected chi connectivity index (χ4v) is 2.81. The summed E-state index contributed by atoms with van der Waals surface area (Å²) in [6, 6.07) is 3.51. The van der Waals surface area contributed by atoms with Gasteiger partial charge < -0.3 is 5.32 Å². The Balaban J connectivity index is 1.95. The van der Waals surface area contributed by atoms with Crippen molar-refractivity contribution in [3.63, 3.8) is 0 Å². The summed E-state index contributed by atoms with van der Waals surface area (Å²) < 4.78 is 0. The first-order valence-corrected chi connectivity index (χ1v) is 7.53. The highest BCUT2D eigenvalue weighted by Gasteiger charge is 2.22. The Bertz CT molecular complexity index is 389. The first-order chi connectivity index (χ1) is 9.15. The summed E-state index contributed by atoms with van der Waals surface area (Å²) in [7, 11) is 0. The molecule has 0 bridgehead atoms. The Labute approximate surface area is 117 Å². The van der Waals surface area contributed by atoms with Crippen molar-refractivity contribution in [2.45, 2.75) is 58.7 Å². The number of nitrogens with one attached hydrogen (secondary N) is 1. The molecule has 1 aliphatic heterocycles. The lowest BCUT2D eigenvalue weighted by Crippen LogP contribution is -2.46. The third-order valence-electron chi connectivity index (χ3n) is 3.83. The molecule has 1 aliphatic rings. The van der Waals surface area contributed by atoms with Crippen LogP contribution in [0.4, 0.5) is 0 Å². The molecule has 0 aliphatic carbocycles. The van der Waals surface area contributed by atoms with Gasteiger partial charge in [-0.3, -0.25) is 9.88 Å². The number of likely N-dealkylation sites (tertiary alicyclic amines) is 1. The molecule has 1 aromatic rings. The van der Waals surface area contributed by atoms with Gasteiger partial charge in [-0.2, -0.15) is 0 Å². The quantitative estimate of drug-likeness (QED) is 0.883. The Morgan fingerprint density at radius 3 is 2.95 bits per heavy atom. The second-order valence-corrected chi connectivity index (χ2v) is 6.05. The molecular formula is C16H27N3. The van der Waals surface area contributed by atoms with E-state index in [-0.39, 0.29) is 0 Å². The standard InChI is InChI=1S/C16H27N3/c1-13(2)18-11-16-6-4-5-7-19(16)12-15-8-14(3)9-17-10-15/h8-10,13,16,18H,4-7,11-12H2,1-3H3. The molecule has 106 valence electrons. The zero-order valence-electron chi connectivity index (χ0n) is 12.5. The zero-order chi connectivity index (χ0) is 13.7. The van der Waals surface area contributed by atoms with Crippen molar-refractivity contribution < 1.29 is 0 Å². The summed E-state index contributed by atoms with van der Waals surface area (Å²) in [6.07, 6.45) is 7.95. The van der Waals surface area contributed by atoms with Gasteiger partial charge in [0.25, 0.3) is 0 Å². The van der Waals surface area contributed by atoms with Crippen LogP contribution in [-0.4, -0.2) is 35.1 Å². The number of nitrogens with zero attached hydrogens (tertiary/aromatic N) is 2. The summed E-state index contributed by atoms with van der Waals surface area (Å²) in [5.74, 6) is 0. The molecule has 0 saturated carbocycles. The number of hydrogen-bond donors (Lipinski definition) is 1. The van der Waals surface area contributed by atoms with E-state index in [1.54, 1.807) is 0 Å². The second kappa shape index (κ2) is 7.01. The monoisotopic (exact) mass is 261 g/mol. The van der Waals surface area contributed by atoms with Crippen molar-refractivity contribution in [3.8, 4) is 0 Å². The van der Waals surface area contributed by atoms with Crippen LogP contribution in [0.3, 0.4) is 0 Å². The predicted molar refractivity (Wildman–Crippen MR) is 80.2 cm³/mol. The first kappa shape index (κ1) is 14.5. The number of pyridine rings is 1. The molecule has 0 spiro atoms. The molecule has 2 heterocycles. The van der Waals surface area contributed by atoms with E-state index in [9.17, 15) is 0 Å². The fraction of sp³-hybridized carbons (Fsp3) is 0.688. The van der Waals surface area contributed by atoms with Crippen LogP contribution in [0.5, 0.6) is 0 Å². The summed E-state index contributed by atoms with van der Waals surface area (Å²) in [4.78, 5) is 6.93. The molecule has 2 rings (SSSR count). The fourth-order valence-electron chi connectivity index (χ4n) is 2.81. The van der Waals surface area contributed by atoms with Crippen molar-refractivity contribution >= 4 is 0 Å². The van der Waals surface area contributed by atoms with Crippen molar-refractivity contribution in [3.05, 3.63) is 29.6 Å². The SMILES string of the molecule is Cc1cncc(CN2CCCCC2CNC(C)C)c1. The third kappa shape index (κ3) is 4.59. The van der Waals surface area contributed by atoms with Crippen LogP contribution >= 0.6 is 0 Å². The van der Waals surface area contributed by atoms with Crippen LogP contribution in [0.1, 0.15) is 44.2 Å². The Kier molecular flexibility index (Phi) is 5.34. The predicted octanol–water partition coefficient (Wildman–Crippen LogP) is 2.74. The van der Waals surface area contributed by atoms with Gasteiger partial charge in [-0.15, -0.1) is 0 Å². The van der Waals surface area contributed by atoms with Crippen molar-refractivity contribution in [1.82, 2.24) is 15.2 Å². The van der Waals surface area contributed by atoms with Gasteiger partial charge in [0, 0.05) is 37.6 Å². The molecule has 0 amide bonds. The maximum atomic E-state index is 4.31. The minimum Gasteiger partial charge on any atom is -0.313 e. The molecule has 1 N–H and O–H groups in total. The molecule has 1 aromatic heterocycles. The maximum Gasteiger partial charge on any atom is 0.0313 e. The van der Waals surface area contributed by atoms with Gasteiger partial charge >= 0.3 is 0 Å². The van der Waals surface area contributed by atoms with E-state index in [0.717, 1.165) is 13.1 Å². The number of aromatic nitrogens is 1. The lowest BCUT2D eigenvalue weighted by atomic mass is 10.0. The zero-order valence-corrected chi connectivity index (χ0v) is 12.5. The van der Waals surface area contributed by atoms with E-state index in [1.807, 2.05) is 12.4 Å². The molecule has 0 radical (unpaired) electrons. The minimum absolute atomic E-state index is 0.574. The molecule has 1 atom stereocenters. The van der Waals surface area contributed by atoms with E-state index < -0.39 is 0 Å². The number of piperidine rings is 1. The highest BCUT2D eigenvalue weighted by atomic mass is 15.2. The first-order valence-electron chi connectivity index (χ1n) is 7.53. The topological polar surface area (TPSA) is 28.2 Å². The van der Waals surface area contributed by atoms with Crippen LogP contribution in [0.2, 0.25) is 0 Å². The summed E-state index contributed by atoms with van der Waals surface area (Å²) in [6.45, 7) is 9.92. The number of aryl methyl sites for hydroxylation is 1. The van der Waals surface area contributed by atoms with E-state index >= 15 is 0 Å². The van der Waals surface area contributed by atoms with Crippen molar-refractivity contribution in [2.75, 3.05) is 13.1 Å². The van der Waals surface area contributed by atoms with Gasteiger partial charge in [-0.05, 0) is 37.4 Å². The minimum atomic E-state index is 0.574. The van der Waals surface area contributed by atoms with Crippen molar-refractivity contribution in [1.29, 1.82) is 0 Å². The Hall–Kier alpha value is -0.930. The molecule has 3 heteroatoms. The average molecular weight is 261 g/mol. The second-order valence-electron chi connectivity index (χ2n) is 6.05. The van der Waals surface area contributed by atoms with E-state index in [1.165, 1.54) is 36.9 Å². The Morgan fingerprint density at radius 1 is 1.37 bits per heavy atom. The summed E-state index contributed by atoms with van der Waals surface area (Å²) >= 11 is 0. The normalized spacial score (nSPS) is 20.9. The highest BCUT2D eigenvalue weighted by molar-refractivity contribution is 5.16. The molecule has 3 nitrogen and oxygen atoms in total. The molecule has 1 saturated heterocycles. The van der Waals surface area contributed by atoms with E-state index in [4.69, 9.17) is 0 Å². The molecule has 1 fully saturated rings. The molecule has 0 aromatic carbocycles. The van der Waals surface area contributed by atoms with Crippen LogP contribution in [0.25, 0.3) is 0 Å². The Morgan fingerprint density at radius 2 is 2.21 bits per heavy atom. The van der Waals surface area contributed by atoms with Gasteiger partial charge in [0.15, 0.2) is 0 Å².